The van der Waals surface area contributed by atoms with Crippen molar-refractivity contribution in [2.75, 3.05) is 13.7 Å². The van der Waals surface area contributed by atoms with E-state index in [-0.39, 0.29) is 12.0 Å². The first kappa shape index (κ1) is 11.4. The smallest absolute Gasteiger partial charge is 0.236 e. The quantitative estimate of drug-likeness (QED) is 0.610. The second-order valence-electron chi connectivity index (χ2n) is 2.81. The fourth-order valence-electron chi connectivity index (χ4n) is 0.644. The molecule has 0 aliphatic rings. The molecule has 0 radical (unpaired) electrons. The van der Waals surface area contributed by atoms with Crippen LogP contribution in [0.4, 0.5) is 0 Å². The van der Waals surface area contributed by atoms with Gasteiger partial charge in [-0.25, -0.2) is 0 Å². The Labute approximate surface area is 73.5 Å². The lowest BCUT2D eigenvalue weighted by Crippen LogP contribution is -2.42. The summed E-state index contributed by atoms with van der Waals surface area (Å²) in [7, 11) is 1.61. The van der Waals surface area contributed by atoms with E-state index in [4.69, 9.17) is 10.5 Å². The standard InChI is InChI=1S/C8H18N2O2/c1-4-7(9)8(11)10-5-6(2)12-3/h6-7H,4-5,9H2,1-3H3,(H,10,11)/t6?,7-/m1/s1. The third-order valence-corrected chi connectivity index (χ3v) is 1.74. The van der Waals surface area contributed by atoms with Crippen LogP contribution in [0.25, 0.3) is 0 Å². The summed E-state index contributed by atoms with van der Waals surface area (Å²) in [4.78, 5) is 11.1. The first-order chi connectivity index (χ1) is 5.61. The molecule has 2 atom stereocenters. The van der Waals surface area contributed by atoms with Gasteiger partial charge in [-0.1, -0.05) is 6.92 Å². The van der Waals surface area contributed by atoms with Gasteiger partial charge in [0, 0.05) is 13.7 Å². The van der Waals surface area contributed by atoms with Crippen LogP contribution in [0.5, 0.6) is 0 Å². The Morgan fingerprint density at radius 1 is 1.67 bits per heavy atom. The first-order valence-corrected chi connectivity index (χ1v) is 4.17. The predicted octanol–water partition coefficient (Wildman–Crippen LogP) is -0.125. The highest BCUT2D eigenvalue weighted by molar-refractivity contribution is 5.81. The zero-order chi connectivity index (χ0) is 9.56. The summed E-state index contributed by atoms with van der Waals surface area (Å²) in [6.07, 6.45) is 0.700. The maximum absolute atomic E-state index is 11.1. The SMILES string of the molecule is CC[C@@H](N)C(=O)NCC(C)OC. The van der Waals surface area contributed by atoms with Gasteiger partial charge in [-0.05, 0) is 13.3 Å². The number of carbonyl (C=O) groups excluding carboxylic acids is 1. The topological polar surface area (TPSA) is 64.4 Å². The molecule has 0 saturated heterocycles. The maximum atomic E-state index is 11.1. The van der Waals surface area contributed by atoms with Crippen molar-refractivity contribution in [3.05, 3.63) is 0 Å². The molecule has 0 aromatic rings. The van der Waals surface area contributed by atoms with E-state index in [2.05, 4.69) is 5.32 Å². The van der Waals surface area contributed by atoms with E-state index in [1.807, 2.05) is 13.8 Å². The number of amides is 1. The second-order valence-corrected chi connectivity index (χ2v) is 2.81. The monoisotopic (exact) mass is 174 g/mol. The van der Waals surface area contributed by atoms with Crippen molar-refractivity contribution >= 4 is 5.91 Å². The molecule has 1 unspecified atom stereocenters. The molecule has 0 rings (SSSR count). The summed E-state index contributed by atoms with van der Waals surface area (Å²) < 4.78 is 4.96. The molecule has 0 saturated carbocycles. The number of ether oxygens (including phenoxy) is 1. The van der Waals surface area contributed by atoms with Crippen LogP contribution in [-0.4, -0.2) is 31.7 Å². The fraction of sp³-hybridized carbons (Fsp3) is 0.875. The molecule has 3 N–H and O–H groups in total. The van der Waals surface area contributed by atoms with Gasteiger partial charge in [0.25, 0.3) is 0 Å². The molecule has 4 heteroatoms. The number of hydrogen-bond acceptors (Lipinski definition) is 3. The maximum Gasteiger partial charge on any atom is 0.236 e. The van der Waals surface area contributed by atoms with Crippen molar-refractivity contribution in [2.45, 2.75) is 32.4 Å². The lowest BCUT2D eigenvalue weighted by molar-refractivity contribution is -0.122. The Hall–Kier alpha value is -0.610. The van der Waals surface area contributed by atoms with Crippen molar-refractivity contribution in [3.63, 3.8) is 0 Å². The lowest BCUT2D eigenvalue weighted by Gasteiger charge is -2.13. The van der Waals surface area contributed by atoms with E-state index >= 15 is 0 Å². The van der Waals surface area contributed by atoms with Crippen LogP contribution in [0, 0.1) is 0 Å². The minimum Gasteiger partial charge on any atom is -0.380 e. The Morgan fingerprint density at radius 3 is 2.67 bits per heavy atom. The van der Waals surface area contributed by atoms with E-state index in [1.54, 1.807) is 7.11 Å². The fourth-order valence-corrected chi connectivity index (χ4v) is 0.644. The third kappa shape index (κ3) is 4.31. The van der Waals surface area contributed by atoms with Crippen LogP contribution in [0.2, 0.25) is 0 Å². The van der Waals surface area contributed by atoms with Crippen LogP contribution in [0.15, 0.2) is 0 Å². The van der Waals surface area contributed by atoms with Gasteiger partial charge in [0.15, 0.2) is 0 Å². The van der Waals surface area contributed by atoms with Gasteiger partial charge < -0.3 is 15.8 Å². The van der Waals surface area contributed by atoms with E-state index < -0.39 is 6.04 Å². The molecule has 0 aromatic carbocycles. The average molecular weight is 174 g/mol. The minimum absolute atomic E-state index is 0.0398. The van der Waals surface area contributed by atoms with Crippen molar-refractivity contribution in [3.8, 4) is 0 Å². The number of hydrogen-bond donors (Lipinski definition) is 2. The summed E-state index contributed by atoms with van der Waals surface area (Å²) in [5.74, 6) is -0.110. The van der Waals surface area contributed by atoms with Gasteiger partial charge in [-0.2, -0.15) is 0 Å². The molecule has 4 nitrogen and oxygen atoms in total. The second kappa shape index (κ2) is 5.97. The Morgan fingerprint density at radius 2 is 2.25 bits per heavy atom. The van der Waals surface area contributed by atoms with E-state index in [0.717, 1.165) is 0 Å². The highest BCUT2D eigenvalue weighted by atomic mass is 16.5. The summed E-state index contributed by atoms with van der Waals surface area (Å²) in [6.45, 7) is 4.28. The van der Waals surface area contributed by atoms with Crippen LogP contribution < -0.4 is 11.1 Å². The Kier molecular flexibility index (Phi) is 5.66. The molecule has 1 amide bonds. The van der Waals surface area contributed by atoms with Crippen LogP contribution in [0.1, 0.15) is 20.3 Å². The molecule has 72 valence electrons. The van der Waals surface area contributed by atoms with E-state index in [1.165, 1.54) is 0 Å². The van der Waals surface area contributed by atoms with Gasteiger partial charge in [0.2, 0.25) is 5.91 Å². The van der Waals surface area contributed by atoms with Crippen molar-refractivity contribution in [1.29, 1.82) is 0 Å². The molecule has 0 aliphatic carbocycles. The summed E-state index contributed by atoms with van der Waals surface area (Å²) >= 11 is 0. The molecule has 0 aromatic heterocycles. The number of carbonyl (C=O) groups is 1. The van der Waals surface area contributed by atoms with Gasteiger partial charge in [0.1, 0.15) is 0 Å². The Bertz CT molecular complexity index is 139. The summed E-state index contributed by atoms with van der Waals surface area (Å²) in [5.41, 5.74) is 5.49. The van der Waals surface area contributed by atoms with Crippen molar-refractivity contribution in [1.82, 2.24) is 5.32 Å². The zero-order valence-corrected chi connectivity index (χ0v) is 7.96. The zero-order valence-electron chi connectivity index (χ0n) is 7.96. The molecular weight excluding hydrogens is 156 g/mol. The number of nitrogens with one attached hydrogen (secondary N) is 1. The van der Waals surface area contributed by atoms with E-state index in [9.17, 15) is 4.79 Å². The van der Waals surface area contributed by atoms with Gasteiger partial charge in [0.05, 0.1) is 12.1 Å². The number of nitrogens with two attached hydrogens (primary N) is 1. The van der Waals surface area contributed by atoms with Crippen molar-refractivity contribution in [2.24, 2.45) is 5.73 Å². The molecule has 0 spiro atoms. The van der Waals surface area contributed by atoms with Gasteiger partial charge in [-0.3, -0.25) is 4.79 Å². The lowest BCUT2D eigenvalue weighted by atomic mass is 10.2. The van der Waals surface area contributed by atoms with Crippen molar-refractivity contribution < 1.29 is 9.53 Å². The third-order valence-electron chi connectivity index (χ3n) is 1.74. The highest BCUT2D eigenvalue weighted by Crippen LogP contribution is 1.88. The van der Waals surface area contributed by atoms with Gasteiger partial charge in [-0.15, -0.1) is 0 Å². The highest BCUT2D eigenvalue weighted by Gasteiger charge is 2.10. The first-order valence-electron chi connectivity index (χ1n) is 4.17. The predicted molar refractivity (Wildman–Crippen MR) is 47.7 cm³/mol. The largest absolute Gasteiger partial charge is 0.380 e. The molecule has 0 fully saturated rings. The minimum atomic E-state index is -0.394. The molecular formula is C8H18N2O2. The molecule has 0 heterocycles. The van der Waals surface area contributed by atoms with Crippen LogP contribution in [-0.2, 0) is 9.53 Å². The summed E-state index contributed by atoms with van der Waals surface area (Å²) in [6, 6.07) is -0.394. The molecule has 12 heavy (non-hydrogen) atoms. The number of methoxy groups -OCH3 is 1. The number of rotatable bonds is 5. The summed E-state index contributed by atoms with van der Waals surface area (Å²) in [5, 5.41) is 2.70. The van der Waals surface area contributed by atoms with E-state index in [0.29, 0.717) is 13.0 Å². The van der Waals surface area contributed by atoms with Gasteiger partial charge >= 0.3 is 0 Å². The van der Waals surface area contributed by atoms with Crippen LogP contribution >= 0.6 is 0 Å². The average Bonchev–Trinajstić information content (AvgIpc) is 2.11. The normalized spacial score (nSPS) is 15.3. The Balaban J connectivity index is 3.56. The molecule has 0 aliphatic heterocycles. The van der Waals surface area contributed by atoms with Crippen LogP contribution in [0.3, 0.4) is 0 Å². The molecule has 0 bridgehead atoms.